The summed E-state index contributed by atoms with van der Waals surface area (Å²) in [6.07, 6.45) is 0. The third-order valence-corrected chi connectivity index (χ3v) is 2.17. The van der Waals surface area contributed by atoms with Gasteiger partial charge in [0.05, 0.1) is 13.7 Å². The second-order valence-corrected chi connectivity index (χ2v) is 4.25. The quantitative estimate of drug-likeness (QED) is 0.616. The van der Waals surface area contributed by atoms with Crippen molar-refractivity contribution < 1.29 is 4.74 Å². The van der Waals surface area contributed by atoms with Crippen molar-refractivity contribution >= 4 is 5.69 Å². The van der Waals surface area contributed by atoms with Crippen LogP contribution in [0.2, 0.25) is 0 Å². The van der Waals surface area contributed by atoms with Gasteiger partial charge in [-0.3, -0.25) is 0 Å². The van der Waals surface area contributed by atoms with Gasteiger partial charge < -0.3 is 4.74 Å². The van der Waals surface area contributed by atoms with Crippen LogP contribution in [0.3, 0.4) is 0 Å². The largest absolute Gasteiger partial charge is 0.508 e. The normalized spacial score (nSPS) is 10.8. The maximum Gasteiger partial charge on any atom is 0.228 e. The molecular weight excluding hydrogens is 174 g/mol. The van der Waals surface area contributed by atoms with Crippen molar-refractivity contribution in [3.63, 3.8) is 0 Å². The van der Waals surface area contributed by atoms with E-state index in [9.17, 15) is 0 Å². The summed E-state index contributed by atoms with van der Waals surface area (Å²) in [5.74, 6) is 0.646. The molecule has 14 heavy (non-hydrogen) atoms. The maximum atomic E-state index is 7.03. The van der Waals surface area contributed by atoms with Crippen LogP contribution in [-0.2, 0) is 5.41 Å². The van der Waals surface area contributed by atoms with Crippen LogP contribution in [0.4, 0.5) is 5.69 Å². The first-order chi connectivity index (χ1) is 6.49. The standard InChI is InChI=1S/C12H15NO/c1-12(2,3)9-6-7-11(14-5)10(8-9)13-4/h6-8H,1-3,5H3. The van der Waals surface area contributed by atoms with Crippen LogP contribution in [0.5, 0.6) is 5.75 Å². The molecule has 0 aliphatic carbocycles. The highest BCUT2D eigenvalue weighted by Gasteiger charge is 2.15. The predicted molar refractivity (Wildman–Crippen MR) is 58.0 cm³/mol. The van der Waals surface area contributed by atoms with Crippen LogP contribution < -0.4 is 4.74 Å². The molecular formula is C12H15NO. The van der Waals surface area contributed by atoms with Crippen LogP contribution >= 0.6 is 0 Å². The SMILES string of the molecule is [C-]#[N+]c1cc(C(C)(C)C)ccc1OC. The van der Waals surface area contributed by atoms with E-state index in [0.717, 1.165) is 5.56 Å². The van der Waals surface area contributed by atoms with Gasteiger partial charge in [-0.15, -0.1) is 0 Å². The number of benzene rings is 1. The highest BCUT2D eigenvalue weighted by atomic mass is 16.5. The zero-order valence-corrected chi connectivity index (χ0v) is 9.09. The lowest BCUT2D eigenvalue weighted by molar-refractivity contribution is 0.417. The van der Waals surface area contributed by atoms with Crippen LogP contribution in [0.25, 0.3) is 4.85 Å². The third-order valence-electron chi connectivity index (χ3n) is 2.17. The molecule has 0 saturated carbocycles. The van der Waals surface area contributed by atoms with E-state index in [-0.39, 0.29) is 5.41 Å². The molecule has 0 unspecified atom stereocenters. The Kier molecular flexibility index (Phi) is 2.81. The Labute approximate surface area is 85.3 Å². The Bertz CT molecular complexity index is 369. The summed E-state index contributed by atoms with van der Waals surface area (Å²) in [5.41, 5.74) is 1.82. The Morgan fingerprint density at radius 3 is 2.36 bits per heavy atom. The summed E-state index contributed by atoms with van der Waals surface area (Å²) in [5, 5.41) is 0. The van der Waals surface area contributed by atoms with Crippen molar-refractivity contribution in [3.8, 4) is 5.75 Å². The minimum absolute atomic E-state index is 0.0751. The van der Waals surface area contributed by atoms with Crippen LogP contribution in [-0.4, -0.2) is 7.11 Å². The molecule has 0 amide bonds. The van der Waals surface area contributed by atoms with Crippen molar-refractivity contribution in [2.24, 2.45) is 0 Å². The summed E-state index contributed by atoms with van der Waals surface area (Å²) in [4.78, 5) is 3.44. The molecule has 1 aromatic rings. The molecule has 74 valence electrons. The molecule has 0 spiro atoms. The van der Waals surface area contributed by atoms with Gasteiger partial charge in [0.25, 0.3) is 0 Å². The van der Waals surface area contributed by atoms with Crippen LogP contribution in [0, 0.1) is 6.57 Å². The fourth-order valence-electron chi connectivity index (χ4n) is 1.24. The molecule has 1 rings (SSSR count). The molecule has 0 N–H and O–H groups in total. The number of ether oxygens (including phenoxy) is 1. The minimum atomic E-state index is 0.0751. The van der Waals surface area contributed by atoms with Crippen molar-refractivity contribution in [1.82, 2.24) is 0 Å². The van der Waals surface area contributed by atoms with E-state index in [4.69, 9.17) is 11.3 Å². The van der Waals surface area contributed by atoms with E-state index in [1.54, 1.807) is 7.11 Å². The Balaban J connectivity index is 3.23. The van der Waals surface area contributed by atoms with Crippen molar-refractivity contribution in [2.75, 3.05) is 7.11 Å². The first-order valence-electron chi connectivity index (χ1n) is 4.55. The maximum absolute atomic E-state index is 7.03. The fourth-order valence-corrected chi connectivity index (χ4v) is 1.24. The summed E-state index contributed by atoms with van der Waals surface area (Å²) >= 11 is 0. The first-order valence-corrected chi connectivity index (χ1v) is 4.55. The average molecular weight is 189 g/mol. The van der Waals surface area contributed by atoms with E-state index in [1.165, 1.54) is 0 Å². The van der Waals surface area contributed by atoms with E-state index in [2.05, 4.69) is 25.6 Å². The van der Waals surface area contributed by atoms with Gasteiger partial charge in [-0.2, -0.15) is 0 Å². The summed E-state index contributed by atoms with van der Waals surface area (Å²) in [7, 11) is 1.58. The highest BCUT2D eigenvalue weighted by molar-refractivity contribution is 5.59. The number of methoxy groups -OCH3 is 1. The Hall–Kier alpha value is -1.49. The van der Waals surface area contributed by atoms with Crippen LogP contribution in [0.1, 0.15) is 26.3 Å². The molecule has 1 aromatic carbocycles. The fraction of sp³-hybridized carbons (Fsp3) is 0.417. The van der Waals surface area contributed by atoms with E-state index in [1.807, 2.05) is 18.2 Å². The van der Waals surface area contributed by atoms with Crippen molar-refractivity contribution in [3.05, 3.63) is 35.2 Å². The average Bonchev–Trinajstić information content (AvgIpc) is 2.15. The molecule has 0 aliphatic heterocycles. The predicted octanol–water partition coefficient (Wildman–Crippen LogP) is 3.54. The molecule has 0 radical (unpaired) electrons. The second kappa shape index (κ2) is 3.71. The molecule has 0 heterocycles. The van der Waals surface area contributed by atoms with E-state index in [0.29, 0.717) is 11.4 Å². The van der Waals surface area contributed by atoms with Crippen molar-refractivity contribution in [2.45, 2.75) is 26.2 Å². The highest BCUT2D eigenvalue weighted by Crippen LogP contribution is 2.33. The van der Waals surface area contributed by atoms with E-state index < -0.39 is 0 Å². The van der Waals surface area contributed by atoms with Gasteiger partial charge in [-0.25, -0.2) is 4.85 Å². The van der Waals surface area contributed by atoms with Gasteiger partial charge in [0.15, 0.2) is 0 Å². The Morgan fingerprint density at radius 2 is 1.93 bits per heavy atom. The monoisotopic (exact) mass is 189 g/mol. The molecule has 0 aromatic heterocycles. The van der Waals surface area contributed by atoms with E-state index >= 15 is 0 Å². The molecule has 0 saturated heterocycles. The van der Waals surface area contributed by atoms with Gasteiger partial charge in [0.1, 0.15) is 5.75 Å². The number of hydrogen-bond donors (Lipinski definition) is 0. The Morgan fingerprint density at radius 1 is 1.29 bits per heavy atom. The molecule has 0 bridgehead atoms. The van der Waals surface area contributed by atoms with Crippen LogP contribution in [0.15, 0.2) is 18.2 Å². The smallest absolute Gasteiger partial charge is 0.228 e. The van der Waals surface area contributed by atoms with Gasteiger partial charge in [0.2, 0.25) is 5.69 Å². The lowest BCUT2D eigenvalue weighted by Gasteiger charge is -2.19. The summed E-state index contributed by atoms with van der Waals surface area (Å²) in [6.45, 7) is 13.4. The van der Waals surface area contributed by atoms with Gasteiger partial charge in [-0.1, -0.05) is 32.4 Å². The molecule has 0 atom stereocenters. The topological polar surface area (TPSA) is 13.6 Å². The van der Waals surface area contributed by atoms with Gasteiger partial charge in [-0.05, 0) is 17.5 Å². The number of nitrogens with zero attached hydrogens (tertiary/aromatic N) is 1. The summed E-state index contributed by atoms with van der Waals surface area (Å²) in [6, 6.07) is 5.76. The second-order valence-electron chi connectivity index (χ2n) is 4.25. The third kappa shape index (κ3) is 2.05. The molecule has 2 nitrogen and oxygen atoms in total. The zero-order valence-electron chi connectivity index (χ0n) is 9.09. The van der Waals surface area contributed by atoms with Crippen molar-refractivity contribution in [1.29, 1.82) is 0 Å². The van der Waals surface area contributed by atoms with Gasteiger partial charge in [0, 0.05) is 0 Å². The summed E-state index contributed by atoms with van der Waals surface area (Å²) < 4.78 is 5.09. The lowest BCUT2D eigenvalue weighted by Crippen LogP contribution is -2.10. The first kappa shape index (κ1) is 10.6. The number of rotatable bonds is 1. The molecule has 0 fully saturated rings. The van der Waals surface area contributed by atoms with Gasteiger partial charge >= 0.3 is 0 Å². The molecule has 0 aliphatic rings. The minimum Gasteiger partial charge on any atom is -0.508 e. The lowest BCUT2D eigenvalue weighted by atomic mass is 9.87. The molecule has 2 heteroatoms. The number of hydrogen-bond acceptors (Lipinski definition) is 1. The zero-order chi connectivity index (χ0) is 10.8.